The van der Waals surface area contributed by atoms with Crippen LogP contribution in [0.3, 0.4) is 0 Å². The number of amides is 3. The van der Waals surface area contributed by atoms with Crippen LogP contribution in [0.1, 0.15) is 38.2 Å². The van der Waals surface area contributed by atoms with Crippen LogP contribution in [-0.4, -0.2) is 35.2 Å². The molecule has 1 aromatic rings. The first-order valence-electron chi connectivity index (χ1n) is 8.07. The second-order valence-electron chi connectivity index (χ2n) is 6.14. The highest BCUT2D eigenvalue weighted by Crippen LogP contribution is 2.30. The predicted octanol–water partition coefficient (Wildman–Crippen LogP) is 1.30. The summed E-state index contributed by atoms with van der Waals surface area (Å²) in [5.41, 5.74) is 0.131. The Bertz CT molecular complexity index is 527. The Morgan fingerprint density at radius 2 is 1.87 bits per heavy atom. The van der Waals surface area contributed by atoms with E-state index in [4.69, 9.17) is 5.11 Å². The standard InChI is InChI=1S/C17H25N3O3/c1-13(12-21)19-15(22)17(9-5-6-10-17)20-16(23)18-11-14-7-3-2-4-8-14/h2-4,7-8,13,21H,5-6,9-12H2,1H3,(H,19,22)(H2,18,20,23). The molecule has 4 N–H and O–H groups in total. The second-order valence-corrected chi connectivity index (χ2v) is 6.14. The van der Waals surface area contributed by atoms with Crippen molar-refractivity contribution in [2.24, 2.45) is 0 Å². The van der Waals surface area contributed by atoms with Crippen LogP contribution >= 0.6 is 0 Å². The summed E-state index contributed by atoms with van der Waals surface area (Å²) in [6.07, 6.45) is 3.05. The van der Waals surface area contributed by atoms with Gasteiger partial charge in [-0.1, -0.05) is 43.2 Å². The second kappa shape index (κ2) is 7.97. The number of aliphatic hydroxyl groups excluding tert-OH is 1. The predicted molar refractivity (Wildman–Crippen MR) is 87.7 cm³/mol. The Morgan fingerprint density at radius 1 is 1.22 bits per heavy atom. The van der Waals surface area contributed by atoms with E-state index in [2.05, 4.69) is 16.0 Å². The van der Waals surface area contributed by atoms with Crippen LogP contribution in [0.2, 0.25) is 0 Å². The third-order valence-corrected chi connectivity index (χ3v) is 4.19. The molecule has 23 heavy (non-hydrogen) atoms. The summed E-state index contributed by atoms with van der Waals surface area (Å²) in [5.74, 6) is -0.216. The molecule has 0 bridgehead atoms. The third kappa shape index (κ3) is 4.69. The van der Waals surface area contributed by atoms with Crippen molar-refractivity contribution in [3.63, 3.8) is 0 Å². The highest BCUT2D eigenvalue weighted by atomic mass is 16.3. The van der Waals surface area contributed by atoms with E-state index >= 15 is 0 Å². The SMILES string of the molecule is CC(CO)NC(=O)C1(NC(=O)NCc2ccccc2)CCCC1. The van der Waals surface area contributed by atoms with Gasteiger partial charge < -0.3 is 21.1 Å². The summed E-state index contributed by atoms with van der Waals surface area (Å²) in [6.45, 7) is 2.02. The fraction of sp³-hybridized carbons (Fsp3) is 0.529. The molecule has 0 spiro atoms. The molecular weight excluding hydrogens is 294 g/mol. The van der Waals surface area contributed by atoms with Gasteiger partial charge in [0.05, 0.1) is 6.61 Å². The van der Waals surface area contributed by atoms with Crippen LogP contribution in [0.5, 0.6) is 0 Å². The first-order valence-corrected chi connectivity index (χ1v) is 8.07. The van der Waals surface area contributed by atoms with E-state index in [1.165, 1.54) is 0 Å². The molecule has 1 unspecified atom stereocenters. The van der Waals surface area contributed by atoms with Gasteiger partial charge in [-0.15, -0.1) is 0 Å². The quantitative estimate of drug-likeness (QED) is 0.637. The molecule has 1 atom stereocenters. The zero-order valence-electron chi connectivity index (χ0n) is 13.5. The number of hydrogen-bond acceptors (Lipinski definition) is 3. The number of hydrogen-bond donors (Lipinski definition) is 4. The molecule has 1 saturated carbocycles. The molecule has 0 heterocycles. The van der Waals surface area contributed by atoms with E-state index in [1.54, 1.807) is 6.92 Å². The molecule has 6 nitrogen and oxygen atoms in total. The lowest BCUT2D eigenvalue weighted by Gasteiger charge is -2.30. The zero-order valence-corrected chi connectivity index (χ0v) is 13.5. The maximum Gasteiger partial charge on any atom is 0.315 e. The molecule has 6 heteroatoms. The van der Waals surface area contributed by atoms with Gasteiger partial charge in [-0.05, 0) is 25.3 Å². The molecule has 1 fully saturated rings. The molecule has 0 aliphatic heterocycles. The summed E-state index contributed by atoms with van der Waals surface area (Å²) >= 11 is 0. The number of nitrogens with one attached hydrogen (secondary N) is 3. The minimum atomic E-state index is -0.871. The van der Waals surface area contributed by atoms with Gasteiger partial charge in [0.2, 0.25) is 5.91 Å². The van der Waals surface area contributed by atoms with E-state index < -0.39 is 5.54 Å². The highest BCUT2D eigenvalue weighted by Gasteiger charge is 2.42. The largest absolute Gasteiger partial charge is 0.394 e. The first kappa shape index (κ1) is 17.3. The molecule has 126 valence electrons. The van der Waals surface area contributed by atoms with E-state index in [1.807, 2.05) is 30.3 Å². The van der Waals surface area contributed by atoms with Crippen LogP contribution in [0.15, 0.2) is 30.3 Å². The summed E-state index contributed by atoms with van der Waals surface area (Å²) in [6, 6.07) is 8.94. The number of carbonyl (C=O) groups excluding carboxylic acids is 2. The monoisotopic (exact) mass is 319 g/mol. The normalized spacial score (nSPS) is 17.3. The summed E-state index contributed by atoms with van der Waals surface area (Å²) in [5, 5.41) is 17.5. The number of rotatable bonds is 6. The Hall–Kier alpha value is -2.08. The van der Waals surface area contributed by atoms with Gasteiger partial charge in [0.15, 0.2) is 0 Å². The minimum absolute atomic E-state index is 0.123. The lowest BCUT2D eigenvalue weighted by Crippen LogP contribution is -2.60. The molecular formula is C17H25N3O3. The number of urea groups is 1. The summed E-state index contributed by atoms with van der Waals surface area (Å²) in [7, 11) is 0. The summed E-state index contributed by atoms with van der Waals surface area (Å²) < 4.78 is 0. The fourth-order valence-electron chi connectivity index (χ4n) is 2.83. The Balaban J connectivity index is 1.93. The molecule has 0 aromatic heterocycles. The first-order chi connectivity index (χ1) is 11.1. The van der Waals surface area contributed by atoms with Crippen LogP contribution in [0.4, 0.5) is 4.79 Å². The van der Waals surface area contributed by atoms with E-state index in [-0.39, 0.29) is 24.6 Å². The molecule has 0 saturated heterocycles. The van der Waals surface area contributed by atoms with E-state index in [9.17, 15) is 9.59 Å². The topological polar surface area (TPSA) is 90.5 Å². The van der Waals surface area contributed by atoms with Gasteiger partial charge in [0, 0.05) is 12.6 Å². The average molecular weight is 319 g/mol. The van der Waals surface area contributed by atoms with E-state index in [0.29, 0.717) is 19.4 Å². The highest BCUT2D eigenvalue weighted by molar-refractivity contribution is 5.91. The van der Waals surface area contributed by atoms with Gasteiger partial charge in [-0.2, -0.15) is 0 Å². The van der Waals surface area contributed by atoms with Gasteiger partial charge in [0.25, 0.3) is 0 Å². The van der Waals surface area contributed by atoms with Gasteiger partial charge >= 0.3 is 6.03 Å². The van der Waals surface area contributed by atoms with Crippen LogP contribution in [-0.2, 0) is 11.3 Å². The zero-order chi connectivity index (χ0) is 16.7. The molecule has 2 rings (SSSR count). The van der Waals surface area contributed by atoms with Crippen molar-refractivity contribution < 1.29 is 14.7 Å². The lowest BCUT2D eigenvalue weighted by atomic mass is 9.96. The molecule has 0 radical (unpaired) electrons. The third-order valence-electron chi connectivity index (χ3n) is 4.19. The van der Waals surface area contributed by atoms with Crippen molar-refractivity contribution in [3.05, 3.63) is 35.9 Å². The number of aliphatic hydroxyl groups is 1. The molecule has 1 aliphatic rings. The van der Waals surface area contributed by atoms with Crippen molar-refractivity contribution in [2.75, 3.05) is 6.61 Å². The Labute approximate surface area is 136 Å². The number of carbonyl (C=O) groups is 2. The fourth-order valence-corrected chi connectivity index (χ4v) is 2.83. The van der Waals surface area contributed by atoms with Crippen LogP contribution < -0.4 is 16.0 Å². The van der Waals surface area contributed by atoms with Crippen LogP contribution in [0.25, 0.3) is 0 Å². The number of benzene rings is 1. The maximum absolute atomic E-state index is 12.5. The maximum atomic E-state index is 12.5. The molecule has 1 aliphatic carbocycles. The van der Waals surface area contributed by atoms with Crippen molar-refractivity contribution in [1.29, 1.82) is 0 Å². The van der Waals surface area contributed by atoms with Gasteiger partial charge in [0.1, 0.15) is 5.54 Å². The molecule has 1 aromatic carbocycles. The summed E-state index contributed by atoms with van der Waals surface area (Å²) in [4.78, 5) is 24.7. The lowest BCUT2D eigenvalue weighted by molar-refractivity contribution is -0.128. The Kier molecular flexibility index (Phi) is 5.98. The average Bonchev–Trinajstić information content (AvgIpc) is 3.03. The van der Waals surface area contributed by atoms with Crippen LogP contribution in [0, 0.1) is 0 Å². The van der Waals surface area contributed by atoms with Gasteiger partial charge in [-0.3, -0.25) is 4.79 Å². The van der Waals surface area contributed by atoms with Gasteiger partial charge in [-0.25, -0.2) is 4.79 Å². The van der Waals surface area contributed by atoms with Crippen molar-refractivity contribution in [3.8, 4) is 0 Å². The molecule has 3 amide bonds. The van der Waals surface area contributed by atoms with Crippen molar-refractivity contribution >= 4 is 11.9 Å². The van der Waals surface area contributed by atoms with Crippen molar-refractivity contribution in [2.45, 2.75) is 50.7 Å². The Morgan fingerprint density at radius 3 is 2.48 bits per heavy atom. The van der Waals surface area contributed by atoms with E-state index in [0.717, 1.165) is 18.4 Å². The van der Waals surface area contributed by atoms with Crippen molar-refractivity contribution in [1.82, 2.24) is 16.0 Å². The smallest absolute Gasteiger partial charge is 0.315 e. The minimum Gasteiger partial charge on any atom is -0.394 e.